The molecule has 0 N–H and O–H groups in total. The minimum Gasteiger partial charge on any atom is -0.468 e. The molecule has 0 aliphatic carbocycles. The Morgan fingerprint density at radius 1 is 1.36 bits per heavy atom. The fourth-order valence-corrected chi connectivity index (χ4v) is 2.73. The maximum atomic E-state index is 12.4. The number of ether oxygens (including phenoxy) is 2. The molecule has 4 heteroatoms. The highest BCUT2D eigenvalue weighted by molar-refractivity contribution is 6.00. The quantitative estimate of drug-likeness (QED) is 0.476. The fraction of sp³-hybridized carbons (Fsp3) is 0.444. The monoisotopic (exact) mass is 302 g/mol. The zero-order chi connectivity index (χ0) is 16.1. The number of hydrogen-bond acceptors (Lipinski definition) is 4. The highest BCUT2D eigenvalue weighted by Gasteiger charge is 2.43. The SMILES string of the molecule is C=C(C)CC[C@@H]1CC(=O)[C@@H](C(=O)OC)[C@H](c2ccccc2)O1. The molecule has 1 aromatic rings. The van der Waals surface area contributed by atoms with Crippen LogP contribution < -0.4 is 0 Å². The van der Waals surface area contributed by atoms with Crippen LogP contribution >= 0.6 is 0 Å². The van der Waals surface area contributed by atoms with E-state index in [2.05, 4.69) is 6.58 Å². The highest BCUT2D eigenvalue weighted by atomic mass is 16.5. The average molecular weight is 302 g/mol. The van der Waals surface area contributed by atoms with Crippen molar-refractivity contribution in [3.05, 3.63) is 48.0 Å². The summed E-state index contributed by atoms with van der Waals surface area (Å²) in [6.07, 6.45) is 1.03. The number of hydrogen-bond donors (Lipinski definition) is 0. The minimum absolute atomic E-state index is 0.112. The normalized spacial score (nSPS) is 24.8. The lowest BCUT2D eigenvalue weighted by molar-refractivity contribution is -0.168. The Kier molecular flexibility index (Phi) is 5.50. The van der Waals surface area contributed by atoms with Gasteiger partial charge in [0.05, 0.1) is 13.2 Å². The van der Waals surface area contributed by atoms with Crippen LogP contribution in [0.25, 0.3) is 0 Å². The second kappa shape index (κ2) is 7.36. The van der Waals surface area contributed by atoms with Crippen molar-refractivity contribution in [2.24, 2.45) is 5.92 Å². The summed E-state index contributed by atoms with van der Waals surface area (Å²) in [5.41, 5.74) is 1.88. The van der Waals surface area contributed by atoms with E-state index in [4.69, 9.17) is 9.47 Å². The molecule has 1 saturated heterocycles. The number of benzene rings is 1. The van der Waals surface area contributed by atoms with Crippen molar-refractivity contribution < 1.29 is 19.1 Å². The summed E-state index contributed by atoms with van der Waals surface area (Å²) in [5.74, 6) is -1.52. The molecule has 1 aliphatic rings. The number of methoxy groups -OCH3 is 1. The van der Waals surface area contributed by atoms with Crippen molar-refractivity contribution in [3.8, 4) is 0 Å². The Morgan fingerprint density at radius 2 is 2.05 bits per heavy atom. The van der Waals surface area contributed by atoms with E-state index in [0.29, 0.717) is 0 Å². The Labute approximate surface area is 131 Å². The summed E-state index contributed by atoms with van der Waals surface area (Å²) in [5, 5.41) is 0. The van der Waals surface area contributed by atoms with E-state index in [1.54, 1.807) is 0 Å². The van der Waals surface area contributed by atoms with Crippen LogP contribution in [0.15, 0.2) is 42.5 Å². The average Bonchev–Trinajstić information content (AvgIpc) is 2.52. The van der Waals surface area contributed by atoms with Crippen molar-refractivity contribution >= 4 is 11.8 Å². The smallest absolute Gasteiger partial charge is 0.319 e. The Hall–Kier alpha value is -1.94. The van der Waals surface area contributed by atoms with E-state index in [1.165, 1.54) is 7.11 Å². The summed E-state index contributed by atoms with van der Waals surface area (Å²) >= 11 is 0. The van der Waals surface area contributed by atoms with Crippen LogP contribution in [0.1, 0.15) is 37.9 Å². The first kappa shape index (κ1) is 16.4. The van der Waals surface area contributed by atoms with Crippen molar-refractivity contribution in [1.82, 2.24) is 0 Å². The molecule has 3 atom stereocenters. The highest BCUT2D eigenvalue weighted by Crippen LogP contribution is 2.36. The maximum absolute atomic E-state index is 12.4. The third kappa shape index (κ3) is 3.83. The van der Waals surface area contributed by atoms with Gasteiger partial charge in [0.1, 0.15) is 12.0 Å². The van der Waals surface area contributed by atoms with Crippen molar-refractivity contribution in [2.45, 2.75) is 38.4 Å². The molecule has 1 fully saturated rings. The second-order valence-corrected chi connectivity index (χ2v) is 5.76. The number of allylic oxidation sites excluding steroid dienone is 1. The predicted octanol–water partition coefficient (Wildman–Crippen LogP) is 3.23. The molecule has 118 valence electrons. The molecule has 0 saturated carbocycles. The van der Waals surface area contributed by atoms with E-state index in [-0.39, 0.29) is 18.3 Å². The van der Waals surface area contributed by atoms with Gasteiger partial charge in [-0.2, -0.15) is 0 Å². The zero-order valence-corrected chi connectivity index (χ0v) is 13.1. The second-order valence-electron chi connectivity index (χ2n) is 5.76. The van der Waals surface area contributed by atoms with E-state index >= 15 is 0 Å². The summed E-state index contributed by atoms with van der Waals surface area (Å²) in [6.45, 7) is 5.83. The van der Waals surface area contributed by atoms with E-state index < -0.39 is 18.0 Å². The standard InChI is InChI=1S/C18H22O4/c1-12(2)9-10-14-11-15(19)16(18(20)21-3)17(22-14)13-7-5-4-6-8-13/h4-8,14,16-17H,1,9-11H2,2-3H3/t14-,16-,17+/m1/s1. The van der Waals surface area contributed by atoms with Gasteiger partial charge in [-0.05, 0) is 25.3 Å². The molecular weight excluding hydrogens is 280 g/mol. The molecular formula is C18H22O4. The lowest BCUT2D eigenvalue weighted by Gasteiger charge is -2.34. The fourth-order valence-electron chi connectivity index (χ4n) is 2.73. The lowest BCUT2D eigenvalue weighted by Crippen LogP contribution is -2.41. The Balaban J connectivity index is 2.23. The first-order valence-corrected chi connectivity index (χ1v) is 7.48. The molecule has 1 heterocycles. The van der Waals surface area contributed by atoms with Gasteiger partial charge in [0.25, 0.3) is 0 Å². The topological polar surface area (TPSA) is 52.6 Å². The number of rotatable bonds is 5. The van der Waals surface area contributed by atoms with Crippen molar-refractivity contribution in [2.75, 3.05) is 7.11 Å². The Bertz CT molecular complexity index is 549. The summed E-state index contributed by atoms with van der Waals surface area (Å²) in [6, 6.07) is 9.37. The number of carbonyl (C=O) groups excluding carboxylic acids is 2. The lowest BCUT2D eigenvalue weighted by atomic mass is 9.85. The number of esters is 1. The zero-order valence-electron chi connectivity index (χ0n) is 13.1. The third-order valence-electron chi connectivity index (χ3n) is 3.89. The van der Waals surface area contributed by atoms with Crippen LogP contribution in [-0.4, -0.2) is 25.0 Å². The number of ketones is 1. The van der Waals surface area contributed by atoms with Gasteiger partial charge in [-0.15, -0.1) is 6.58 Å². The maximum Gasteiger partial charge on any atom is 0.319 e. The van der Waals surface area contributed by atoms with Gasteiger partial charge in [0.2, 0.25) is 0 Å². The van der Waals surface area contributed by atoms with Gasteiger partial charge in [0.15, 0.2) is 5.78 Å². The number of carbonyl (C=O) groups is 2. The van der Waals surface area contributed by atoms with Crippen molar-refractivity contribution in [3.63, 3.8) is 0 Å². The van der Waals surface area contributed by atoms with Crippen LogP contribution in [-0.2, 0) is 19.1 Å². The Morgan fingerprint density at radius 3 is 2.64 bits per heavy atom. The molecule has 2 rings (SSSR count). The van der Waals surface area contributed by atoms with E-state index in [1.807, 2.05) is 37.3 Å². The summed E-state index contributed by atoms with van der Waals surface area (Å²) in [7, 11) is 1.30. The van der Waals surface area contributed by atoms with Crippen LogP contribution in [0.3, 0.4) is 0 Å². The molecule has 22 heavy (non-hydrogen) atoms. The van der Waals surface area contributed by atoms with E-state index in [0.717, 1.165) is 24.0 Å². The molecule has 0 bridgehead atoms. The van der Waals surface area contributed by atoms with Gasteiger partial charge in [-0.25, -0.2) is 0 Å². The molecule has 0 unspecified atom stereocenters. The molecule has 0 amide bonds. The molecule has 0 spiro atoms. The van der Waals surface area contributed by atoms with Crippen LogP contribution in [0.4, 0.5) is 0 Å². The molecule has 0 aromatic heterocycles. The van der Waals surface area contributed by atoms with Gasteiger partial charge >= 0.3 is 5.97 Å². The first-order valence-electron chi connectivity index (χ1n) is 7.48. The summed E-state index contributed by atoms with van der Waals surface area (Å²) < 4.78 is 10.9. The first-order chi connectivity index (χ1) is 10.5. The minimum atomic E-state index is -0.881. The largest absolute Gasteiger partial charge is 0.468 e. The van der Waals surface area contributed by atoms with Crippen molar-refractivity contribution in [1.29, 1.82) is 0 Å². The van der Waals surface area contributed by atoms with Crippen LogP contribution in [0.2, 0.25) is 0 Å². The van der Waals surface area contributed by atoms with Gasteiger partial charge < -0.3 is 9.47 Å². The molecule has 1 aliphatic heterocycles. The van der Waals surface area contributed by atoms with Crippen LogP contribution in [0.5, 0.6) is 0 Å². The van der Waals surface area contributed by atoms with E-state index in [9.17, 15) is 9.59 Å². The van der Waals surface area contributed by atoms with Gasteiger partial charge in [-0.1, -0.05) is 35.9 Å². The third-order valence-corrected chi connectivity index (χ3v) is 3.89. The molecule has 0 radical (unpaired) electrons. The van der Waals surface area contributed by atoms with Crippen LogP contribution in [0, 0.1) is 5.92 Å². The number of Topliss-reactive ketones (excluding diaryl/α,β-unsaturated/α-hetero) is 1. The molecule has 4 nitrogen and oxygen atoms in total. The molecule has 1 aromatic carbocycles. The summed E-state index contributed by atoms with van der Waals surface area (Å²) in [4.78, 5) is 24.4. The predicted molar refractivity (Wildman–Crippen MR) is 83.2 cm³/mol. The van der Waals surface area contributed by atoms with Gasteiger partial charge in [0, 0.05) is 6.42 Å². The van der Waals surface area contributed by atoms with Gasteiger partial charge in [-0.3, -0.25) is 9.59 Å².